The van der Waals surface area contributed by atoms with E-state index >= 15 is 0 Å². The number of nitrogens with zero attached hydrogens (tertiary/aromatic N) is 1. The van der Waals surface area contributed by atoms with Gasteiger partial charge in [0.2, 0.25) is 0 Å². The third-order valence-electron chi connectivity index (χ3n) is 4.46. The summed E-state index contributed by atoms with van der Waals surface area (Å²) < 4.78 is 0. The van der Waals surface area contributed by atoms with Gasteiger partial charge in [0.05, 0.1) is 12.0 Å². The highest BCUT2D eigenvalue weighted by Gasteiger charge is 2.61. The molecule has 0 saturated heterocycles. The Morgan fingerprint density at radius 1 is 1.41 bits per heavy atom. The zero-order chi connectivity index (χ0) is 12.6. The number of carboxylic acids is 1. The zero-order valence-electron chi connectivity index (χ0n) is 10.4. The number of carbonyl (C=O) groups is 1. The van der Waals surface area contributed by atoms with Crippen molar-refractivity contribution in [2.24, 2.45) is 23.2 Å². The fraction of sp³-hybridized carbons (Fsp3) is 0.714. The smallest absolute Gasteiger partial charge is 0.307 e. The zero-order valence-corrected chi connectivity index (χ0v) is 10.4. The van der Waals surface area contributed by atoms with Gasteiger partial charge in [0.1, 0.15) is 0 Å². The first-order valence-corrected chi connectivity index (χ1v) is 6.33. The highest BCUT2D eigenvalue weighted by molar-refractivity contribution is 5.76. The van der Waals surface area contributed by atoms with Crippen LogP contribution in [0.4, 0.5) is 0 Å². The monoisotopic (exact) mass is 233 g/mol. The number of nitriles is 1. The minimum Gasteiger partial charge on any atom is -0.481 e. The number of hydrogen-bond donors (Lipinski definition) is 1. The molecule has 0 radical (unpaired) electrons. The van der Waals surface area contributed by atoms with Crippen LogP contribution in [0.3, 0.4) is 0 Å². The van der Waals surface area contributed by atoms with Gasteiger partial charge in [0, 0.05) is 5.57 Å². The van der Waals surface area contributed by atoms with Crippen molar-refractivity contribution < 1.29 is 9.90 Å². The molecular weight excluding hydrogens is 214 g/mol. The second kappa shape index (κ2) is 4.18. The Balaban J connectivity index is 2.13. The number of hydrogen-bond acceptors (Lipinski definition) is 2. The summed E-state index contributed by atoms with van der Waals surface area (Å²) in [6.07, 6.45) is 6.50. The predicted molar refractivity (Wildman–Crippen MR) is 64.1 cm³/mol. The molecule has 0 aromatic heterocycles. The highest BCUT2D eigenvalue weighted by Crippen LogP contribution is 2.59. The van der Waals surface area contributed by atoms with Crippen molar-refractivity contribution in [1.29, 1.82) is 5.26 Å². The summed E-state index contributed by atoms with van der Waals surface area (Å²) in [5.41, 5.74) is 0.635. The molecule has 1 N–H and O–H groups in total. The van der Waals surface area contributed by atoms with Gasteiger partial charge in [0.25, 0.3) is 0 Å². The maximum absolute atomic E-state index is 11.1. The van der Waals surface area contributed by atoms with Crippen molar-refractivity contribution in [3.05, 3.63) is 11.6 Å². The molecule has 0 amide bonds. The van der Waals surface area contributed by atoms with Crippen molar-refractivity contribution >= 4 is 5.97 Å². The summed E-state index contributed by atoms with van der Waals surface area (Å²) in [6, 6.07) is 2.28. The standard InChI is InChI=1S/C14H19NO2/c1-14(2)11(12(14)13(16)17)7-10(8-15)9-5-3-4-6-9/h7,9,11-12H,3-6H2,1-2H3,(H,16,17)/b10-7-. The summed E-state index contributed by atoms with van der Waals surface area (Å²) in [5, 5.41) is 18.3. The number of allylic oxidation sites excluding steroid dienone is 2. The highest BCUT2D eigenvalue weighted by atomic mass is 16.4. The number of aliphatic carboxylic acids is 1. The summed E-state index contributed by atoms with van der Waals surface area (Å²) in [7, 11) is 0. The predicted octanol–water partition coefficient (Wildman–Crippen LogP) is 2.98. The Labute approximate surface area is 102 Å². The SMILES string of the molecule is CC1(C)C(/C=C(/C#N)C2CCCC2)C1C(=O)O. The van der Waals surface area contributed by atoms with Gasteiger partial charge in [-0.2, -0.15) is 5.26 Å². The molecule has 2 rings (SSSR count). The first kappa shape index (κ1) is 12.2. The summed E-state index contributed by atoms with van der Waals surface area (Å²) in [4.78, 5) is 11.1. The van der Waals surface area contributed by atoms with E-state index in [1.54, 1.807) is 0 Å². The van der Waals surface area contributed by atoms with Gasteiger partial charge in [-0.05, 0) is 30.1 Å². The summed E-state index contributed by atoms with van der Waals surface area (Å²) >= 11 is 0. The van der Waals surface area contributed by atoms with Crippen LogP contribution in [-0.4, -0.2) is 11.1 Å². The van der Waals surface area contributed by atoms with Gasteiger partial charge in [0.15, 0.2) is 0 Å². The molecule has 0 aromatic carbocycles. The third kappa shape index (κ3) is 2.09. The Kier molecular flexibility index (Phi) is 2.99. The first-order valence-electron chi connectivity index (χ1n) is 6.33. The second-order valence-electron chi connectivity index (χ2n) is 5.88. The maximum Gasteiger partial charge on any atom is 0.307 e. The molecule has 2 atom stereocenters. The van der Waals surface area contributed by atoms with Gasteiger partial charge in [-0.15, -0.1) is 0 Å². The lowest BCUT2D eigenvalue weighted by Crippen LogP contribution is -2.03. The van der Waals surface area contributed by atoms with Gasteiger partial charge in [-0.3, -0.25) is 4.79 Å². The largest absolute Gasteiger partial charge is 0.481 e. The normalized spacial score (nSPS) is 32.2. The molecule has 2 fully saturated rings. The molecule has 92 valence electrons. The van der Waals surface area contributed by atoms with Gasteiger partial charge in [-0.1, -0.05) is 32.8 Å². The second-order valence-corrected chi connectivity index (χ2v) is 5.88. The Morgan fingerprint density at radius 2 is 2.00 bits per heavy atom. The lowest BCUT2D eigenvalue weighted by atomic mass is 9.96. The molecule has 0 bridgehead atoms. The van der Waals surface area contributed by atoms with Crippen LogP contribution in [0.25, 0.3) is 0 Å². The lowest BCUT2D eigenvalue weighted by molar-refractivity contribution is -0.139. The van der Waals surface area contributed by atoms with Gasteiger partial charge >= 0.3 is 5.97 Å². The van der Waals surface area contributed by atoms with E-state index in [-0.39, 0.29) is 17.3 Å². The number of rotatable bonds is 3. The van der Waals surface area contributed by atoms with Crippen molar-refractivity contribution in [3.8, 4) is 6.07 Å². The van der Waals surface area contributed by atoms with Crippen LogP contribution in [0.2, 0.25) is 0 Å². The van der Waals surface area contributed by atoms with Crippen LogP contribution < -0.4 is 0 Å². The molecular formula is C14H19NO2. The van der Waals surface area contributed by atoms with Crippen molar-refractivity contribution in [2.75, 3.05) is 0 Å². The minimum absolute atomic E-state index is 0.0373. The van der Waals surface area contributed by atoms with E-state index in [0.717, 1.165) is 18.4 Å². The van der Waals surface area contributed by atoms with Crippen LogP contribution in [0, 0.1) is 34.5 Å². The minimum atomic E-state index is -0.736. The molecule has 3 nitrogen and oxygen atoms in total. The average Bonchev–Trinajstić information content (AvgIpc) is 2.69. The van der Waals surface area contributed by atoms with Crippen LogP contribution in [0.5, 0.6) is 0 Å². The van der Waals surface area contributed by atoms with Crippen LogP contribution in [0.15, 0.2) is 11.6 Å². The van der Waals surface area contributed by atoms with Crippen LogP contribution >= 0.6 is 0 Å². The van der Waals surface area contributed by atoms with E-state index in [4.69, 9.17) is 5.11 Å². The van der Waals surface area contributed by atoms with E-state index in [0.29, 0.717) is 5.92 Å². The van der Waals surface area contributed by atoms with Gasteiger partial charge in [-0.25, -0.2) is 0 Å². The molecule has 2 aliphatic carbocycles. The Hall–Kier alpha value is -1.30. The van der Waals surface area contributed by atoms with E-state index in [9.17, 15) is 10.1 Å². The Morgan fingerprint density at radius 3 is 2.41 bits per heavy atom. The van der Waals surface area contributed by atoms with Crippen molar-refractivity contribution in [2.45, 2.75) is 39.5 Å². The van der Waals surface area contributed by atoms with E-state index in [1.807, 2.05) is 19.9 Å². The summed E-state index contributed by atoms with van der Waals surface area (Å²) in [5.74, 6) is -0.631. The van der Waals surface area contributed by atoms with E-state index < -0.39 is 5.97 Å². The molecule has 0 spiro atoms. The summed E-state index contributed by atoms with van der Waals surface area (Å²) in [6.45, 7) is 3.94. The Bertz CT molecular complexity index is 397. The van der Waals surface area contributed by atoms with Crippen molar-refractivity contribution in [3.63, 3.8) is 0 Å². The molecule has 0 aliphatic heterocycles. The van der Waals surface area contributed by atoms with E-state index in [1.165, 1.54) is 12.8 Å². The first-order chi connectivity index (χ1) is 7.98. The maximum atomic E-state index is 11.1. The molecule has 2 saturated carbocycles. The fourth-order valence-corrected chi connectivity index (χ4v) is 3.16. The van der Waals surface area contributed by atoms with E-state index in [2.05, 4.69) is 6.07 Å². The molecule has 2 unspecified atom stereocenters. The quantitative estimate of drug-likeness (QED) is 0.762. The molecule has 0 aromatic rings. The average molecular weight is 233 g/mol. The molecule has 0 heterocycles. The molecule has 3 heteroatoms. The van der Waals surface area contributed by atoms with Crippen LogP contribution in [0.1, 0.15) is 39.5 Å². The lowest BCUT2D eigenvalue weighted by Gasteiger charge is -2.07. The molecule has 2 aliphatic rings. The van der Waals surface area contributed by atoms with Crippen molar-refractivity contribution in [1.82, 2.24) is 0 Å². The molecule has 17 heavy (non-hydrogen) atoms. The third-order valence-corrected chi connectivity index (χ3v) is 4.46. The van der Waals surface area contributed by atoms with Crippen LogP contribution in [-0.2, 0) is 4.79 Å². The van der Waals surface area contributed by atoms with Gasteiger partial charge < -0.3 is 5.11 Å². The fourth-order valence-electron chi connectivity index (χ4n) is 3.16. The number of carboxylic acid groups (broad SMARTS) is 1. The topological polar surface area (TPSA) is 61.1 Å².